The highest BCUT2D eigenvalue weighted by atomic mass is 19.3. The molecule has 0 aliphatic heterocycles. The van der Waals surface area contributed by atoms with Crippen molar-refractivity contribution >= 4 is 17.6 Å². The number of aryl methyl sites for hydroxylation is 2. The molecule has 0 bridgehead atoms. The Balaban J connectivity index is 1.66. The van der Waals surface area contributed by atoms with Crippen LogP contribution < -0.4 is 14.8 Å². The van der Waals surface area contributed by atoms with Gasteiger partial charge in [0, 0.05) is 6.07 Å². The van der Waals surface area contributed by atoms with E-state index in [4.69, 9.17) is 9.47 Å². The van der Waals surface area contributed by atoms with Gasteiger partial charge in [-0.25, -0.2) is 4.79 Å². The number of rotatable bonds is 9. The zero-order chi connectivity index (χ0) is 24.8. The van der Waals surface area contributed by atoms with Gasteiger partial charge in [-0.15, -0.1) is 0 Å². The van der Waals surface area contributed by atoms with Gasteiger partial charge in [0.05, 0.1) is 24.1 Å². The molecule has 0 spiro atoms. The summed E-state index contributed by atoms with van der Waals surface area (Å²) < 4.78 is 39.1. The number of nitro benzene ring substituents is 1. The van der Waals surface area contributed by atoms with Crippen molar-refractivity contribution in [2.45, 2.75) is 45.3 Å². The highest BCUT2D eigenvalue weighted by Gasteiger charge is 2.27. The lowest BCUT2D eigenvalue weighted by Crippen LogP contribution is -2.31. The lowest BCUT2D eigenvalue weighted by atomic mass is 9.89. The average molecular weight is 478 g/mol. The van der Waals surface area contributed by atoms with E-state index in [1.165, 1.54) is 11.1 Å². The van der Waals surface area contributed by atoms with Crippen molar-refractivity contribution in [2.24, 2.45) is 0 Å². The van der Waals surface area contributed by atoms with E-state index >= 15 is 0 Å². The normalized spacial score (nSPS) is 13.6. The van der Waals surface area contributed by atoms with Crippen LogP contribution in [0.15, 0.2) is 30.3 Å². The van der Waals surface area contributed by atoms with Gasteiger partial charge in [-0.2, -0.15) is 8.78 Å². The number of methoxy groups -OCH3 is 1. The van der Waals surface area contributed by atoms with Crippen LogP contribution in [0.5, 0.6) is 11.5 Å². The Bertz CT molecular complexity index is 1090. The number of ether oxygens (including phenoxy) is 3. The Morgan fingerprint density at radius 1 is 1.12 bits per heavy atom. The van der Waals surface area contributed by atoms with Crippen LogP contribution in [-0.2, 0) is 22.4 Å². The van der Waals surface area contributed by atoms with Gasteiger partial charge in [-0.1, -0.05) is 18.2 Å². The first-order valence-electron chi connectivity index (χ1n) is 10.6. The second kappa shape index (κ2) is 10.9. The Hall–Kier alpha value is -3.76. The summed E-state index contributed by atoms with van der Waals surface area (Å²) in [5.74, 6) is -2.74. The molecule has 2 aromatic rings. The molecule has 9 nitrogen and oxygen atoms in total. The second-order valence-corrected chi connectivity index (χ2v) is 7.76. The highest BCUT2D eigenvalue weighted by molar-refractivity contribution is 5.96. The maximum absolute atomic E-state index is 12.6. The number of nitro groups is 1. The van der Waals surface area contributed by atoms with Gasteiger partial charge in [0.2, 0.25) is 0 Å². The Morgan fingerprint density at radius 3 is 2.47 bits per heavy atom. The van der Waals surface area contributed by atoms with Crippen LogP contribution in [0.4, 0.5) is 14.5 Å². The third kappa shape index (κ3) is 5.97. The first-order chi connectivity index (χ1) is 16.2. The minimum absolute atomic E-state index is 0.330. The molecule has 1 atom stereocenters. The molecule has 1 aliphatic rings. The molecule has 34 heavy (non-hydrogen) atoms. The van der Waals surface area contributed by atoms with Crippen molar-refractivity contribution in [2.75, 3.05) is 13.7 Å². The zero-order valence-electron chi connectivity index (χ0n) is 18.6. The van der Waals surface area contributed by atoms with E-state index in [-0.39, 0.29) is 11.8 Å². The van der Waals surface area contributed by atoms with E-state index in [2.05, 4.69) is 22.2 Å². The molecule has 1 amide bonds. The number of halogens is 2. The number of nitrogens with one attached hydrogen (secondary N) is 1. The third-order valence-corrected chi connectivity index (χ3v) is 5.50. The second-order valence-electron chi connectivity index (χ2n) is 7.76. The molecule has 0 saturated carbocycles. The summed E-state index contributed by atoms with van der Waals surface area (Å²) in [7, 11) is 1.12. The minimum atomic E-state index is -3.26. The van der Waals surface area contributed by atoms with Crippen molar-refractivity contribution < 1.29 is 37.5 Å². The molecule has 0 heterocycles. The van der Waals surface area contributed by atoms with Gasteiger partial charge < -0.3 is 19.5 Å². The fourth-order valence-electron chi connectivity index (χ4n) is 3.81. The standard InChI is InChI=1S/C23H24F2N2O7/c1-13(15-8-7-14-5-3-4-6-16(14)9-15)26-21(28)12-33-22(29)17-10-19(32-2)20(34-23(24)25)11-18(17)27(30)31/h7-11,13,23H,3-6,12H2,1-2H3,(H,26,28). The van der Waals surface area contributed by atoms with Gasteiger partial charge in [0.15, 0.2) is 18.1 Å². The number of benzene rings is 2. The summed E-state index contributed by atoms with van der Waals surface area (Å²) >= 11 is 0. The smallest absolute Gasteiger partial charge is 0.387 e. The van der Waals surface area contributed by atoms with Crippen LogP contribution in [-0.4, -0.2) is 37.1 Å². The lowest BCUT2D eigenvalue weighted by molar-refractivity contribution is -0.385. The molecule has 1 N–H and O–H groups in total. The monoisotopic (exact) mass is 478 g/mol. The van der Waals surface area contributed by atoms with E-state index in [1.807, 2.05) is 6.07 Å². The Labute approximate surface area is 194 Å². The van der Waals surface area contributed by atoms with Crippen molar-refractivity contribution in [1.29, 1.82) is 0 Å². The Morgan fingerprint density at radius 2 is 1.82 bits per heavy atom. The van der Waals surface area contributed by atoms with Crippen LogP contribution in [0.3, 0.4) is 0 Å². The molecular weight excluding hydrogens is 454 g/mol. The van der Waals surface area contributed by atoms with E-state index < -0.39 is 47.0 Å². The highest BCUT2D eigenvalue weighted by Crippen LogP contribution is 2.36. The summed E-state index contributed by atoms with van der Waals surface area (Å²) in [4.78, 5) is 35.1. The number of hydrogen-bond donors (Lipinski definition) is 1. The summed E-state index contributed by atoms with van der Waals surface area (Å²) in [6.45, 7) is -2.16. The molecular formula is C23H24F2N2O7. The fourth-order valence-corrected chi connectivity index (χ4v) is 3.81. The molecule has 3 rings (SSSR count). The molecule has 11 heteroatoms. The number of amides is 1. The van der Waals surface area contributed by atoms with E-state index in [9.17, 15) is 28.5 Å². The molecule has 1 aliphatic carbocycles. The average Bonchev–Trinajstić information content (AvgIpc) is 2.81. The maximum atomic E-state index is 12.6. The Kier molecular flexibility index (Phi) is 7.98. The van der Waals surface area contributed by atoms with Gasteiger partial charge in [0.25, 0.3) is 11.6 Å². The molecule has 182 valence electrons. The first kappa shape index (κ1) is 24.9. The third-order valence-electron chi connectivity index (χ3n) is 5.50. The van der Waals surface area contributed by atoms with Crippen LogP contribution in [0.2, 0.25) is 0 Å². The number of carbonyl (C=O) groups excluding carboxylic acids is 2. The predicted molar refractivity (Wildman–Crippen MR) is 116 cm³/mol. The number of fused-ring (bicyclic) bond motifs is 1. The predicted octanol–water partition coefficient (Wildman–Crippen LogP) is 4.12. The van der Waals surface area contributed by atoms with E-state index in [0.29, 0.717) is 6.07 Å². The summed E-state index contributed by atoms with van der Waals surface area (Å²) in [6.07, 6.45) is 4.32. The van der Waals surface area contributed by atoms with Crippen LogP contribution in [0.25, 0.3) is 0 Å². The number of alkyl halides is 2. The number of hydrogen-bond acceptors (Lipinski definition) is 7. The quantitative estimate of drug-likeness (QED) is 0.327. The molecule has 1 unspecified atom stereocenters. The SMILES string of the molecule is COc1cc(C(=O)OCC(=O)NC(C)c2ccc3c(c2)CCCC3)c([N+](=O)[O-])cc1OC(F)F. The van der Waals surface area contributed by atoms with Gasteiger partial charge in [0.1, 0.15) is 5.56 Å². The minimum Gasteiger partial charge on any atom is -0.493 e. The van der Waals surface area contributed by atoms with Crippen LogP contribution in [0.1, 0.15) is 52.9 Å². The molecule has 0 fully saturated rings. The van der Waals surface area contributed by atoms with Crippen LogP contribution in [0, 0.1) is 10.1 Å². The summed E-state index contributed by atoms with van der Waals surface area (Å²) in [6, 6.07) is 7.20. The van der Waals surface area contributed by atoms with E-state index in [0.717, 1.165) is 44.4 Å². The lowest BCUT2D eigenvalue weighted by Gasteiger charge is -2.20. The van der Waals surface area contributed by atoms with Crippen molar-refractivity contribution in [3.05, 3.63) is 62.7 Å². The molecule has 0 saturated heterocycles. The summed E-state index contributed by atoms with van der Waals surface area (Å²) in [5, 5.41) is 14.1. The molecule has 0 radical (unpaired) electrons. The van der Waals surface area contributed by atoms with Gasteiger partial charge in [-0.05, 0) is 49.3 Å². The van der Waals surface area contributed by atoms with Gasteiger partial charge >= 0.3 is 12.6 Å². The number of nitrogens with zero attached hydrogens (tertiary/aromatic N) is 1. The number of esters is 1. The van der Waals surface area contributed by atoms with Crippen LogP contribution >= 0.6 is 0 Å². The first-order valence-corrected chi connectivity index (χ1v) is 10.6. The fraction of sp³-hybridized carbons (Fsp3) is 0.391. The van der Waals surface area contributed by atoms with Crippen molar-refractivity contribution in [3.8, 4) is 11.5 Å². The van der Waals surface area contributed by atoms with Crippen molar-refractivity contribution in [1.82, 2.24) is 5.32 Å². The van der Waals surface area contributed by atoms with E-state index in [1.54, 1.807) is 6.92 Å². The van der Waals surface area contributed by atoms with Crippen molar-refractivity contribution in [3.63, 3.8) is 0 Å². The zero-order valence-corrected chi connectivity index (χ0v) is 18.6. The molecule has 2 aromatic carbocycles. The summed E-state index contributed by atoms with van der Waals surface area (Å²) in [5.41, 5.74) is 2.08. The largest absolute Gasteiger partial charge is 0.493 e. The molecule has 0 aromatic heterocycles. The van der Waals surface area contributed by atoms with Gasteiger partial charge in [-0.3, -0.25) is 14.9 Å². The maximum Gasteiger partial charge on any atom is 0.387 e. The topological polar surface area (TPSA) is 117 Å². The number of carbonyl (C=O) groups is 2.